The molecule has 2 aromatic rings. The van der Waals surface area contributed by atoms with Crippen LogP contribution in [0.5, 0.6) is 0 Å². The maximum absolute atomic E-state index is 12.8. The van der Waals surface area contributed by atoms with Gasteiger partial charge in [0.2, 0.25) is 11.8 Å². The molecule has 2 rings (SSSR count). The molecule has 0 saturated heterocycles. The number of hydrogen-bond donors (Lipinski definition) is 1. The summed E-state index contributed by atoms with van der Waals surface area (Å²) < 4.78 is 29.7. The van der Waals surface area contributed by atoms with E-state index in [0.717, 1.165) is 4.47 Å². The van der Waals surface area contributed by atoms with Gasteiger partial charge in [-0.2, -0.15) is 4.98 Å². The fourth-order valence-electron chi connectivity index (χ4n) is 1.95. The van der Waals surface area contributed by atoms with Crippen LogP contribution in [0.15, 0.2) is 38.2 Å². The third kappa shape index (κ3) is 3.51. The number of nitrogens with zero attached hydrogens (tertiary/aromatic N) is 2. The molecule has 0 spiro atoms. The molecule has 1 aromatic carbocycles. The molecule has 1 unspecified atom stereocenters. The van der Waals surface area contributed by atoms with Crippen molar-refractivity contribution in [2.75, 3.05) is 0 Å². The van der Waals surface area contributed by atoms with Gasteiger partial charge >= 0.3 is 0 Å². The standard InChI is InChI=1S/C15H18BrN3O4S/c1-9(13-18-10(2)19-23-13)17-14(20)15(3,4)24(21,22)12-7-5-11(16)6-8-12/h5-9H,1-4H3,(H,17,20). The Morgan fingerprint density at radius 1 is 1.29 bits per heavy atom. The minimum atomic E-state index is -3.88. The molecule has 1 amide bonds. The molecule has 1 atom stereocenters. The molecule has 7 nitrogen and oxygen atoms in total. The van der Waals surface area contributed by atoms with E-state index in [4.69, 9.17) is 4.52 Å². The number of aryl methyl sites for hydroxylation is 1. The molecule has 0 radical (unpaired) electrons. The number of hydrogen-bond acceptors (Lipinski definition) is 6. The summed E-state index contributed by atoms with van der Waals surface area (Å²) in [5.41, 5.74) is 0. The fourth-order valence-corrected chi connectivity index (χ4v) is 3.60. The number of halogens is 1. The van der Waals surface area contributed by atoms with Crippen LogP contribution in [0, 0.1) is 6.92 Å². The summed E-state index contributed by atoms with van der Waals surface area (Å²) in [4.78, 5) is 16.7. The SMILES string of the molecule is Cc1noc(C(C)NC(=O)C(C)(C)S(=O)(=O)c2ccc(Br)cc2)n1. The lowest BCUT2D eigenvalue weighted by Crippen LogP contribution is -2.48. The van der Waals surface area contributed by atoms with E-state index in [-0.39, 0.29) is 10.8 Å². The first kappa shape index (κ1) is 18.6. The Hall–Kier alpha value is -1.74. The summed E-state index contributed by atoms with van der Waals surface area (Å²) >= 11 is 3.25. The first-order chi connectivity index (χ1) is 11.1. The average molecular weight is 416 g/mol. The highest BCUT2D eigenvalue weighted by Gasteiger charge is 2.43. The number of carbonyl (C=O) groups is 1. The molecule has 0 aliphatic carbocycles. The van der Waals surface area contributed by atoms with Crippen LogP contribution in [0.25, 0.3) is 0 Å². The summed E-state index contributed by atoms with van der Waals surface area (Å²) in [6.45, 7) is 6.04. The Morgan fingerprint density at radius 2 is 1.88 bits per heavy atom. The maximum atomic E-state index is 12.8. The summed E-state index contributed by atoms with van der Waals surface area (Å²) in [5, 5.41) is 6.27. The van der Waals surface area contributed by atoms with Crippen LogP contribution in [0.2, 0.25) is 0 Å². The summed E-state index contributed by atoms with van der Waals surface area (Å²) in [6, 6.07) is 5.55. The van der Waals surface area contributed by atoms with Crippen LogP contribution in [0.3, 0.4) is 0 Å². The molecule has 1 heterocycles. The smallest absolute Gasteiger partial charge is 0.248 e. The number of rotatable bonds is 5. The van der Waals surface area contributed by atoms with Gasteiger partial charge < -0.3 is 9.84 Å². The van der Waals surface area contributed by atoms with Crippen molar-refractivity contribution in [1.82, 2.24) is 15.5 Å². The maximum Gasteiger partial charge on any atom is 0.248 e. The fraction of sp³-hybridized carbons (Fsp3) is 0.400. The van der Waals surface area contributed by atoms with E-state index in [2.05, 4.69) is 31.4 Å². The second-order valence-electron chi connectivity index (χ2n) is 5.84. The molecule has 0 saturated carbocycles. The van der Waals surface area contributed by atoms with Gasteiger partial charge in [0, 0.05) is 4.47 Å². The van der Waals surface area contributed by atoms with Crippen molar-refractivity contribution < 1.29 is 17.7 Å². The van der Waals surface area contributed by atoms with E-state index in [1.807, 2.05) is 0 Å². The number of aromatic nitrogens is 2. The molecule has 0 bridgehead atoms. The number of carbonyl (C=O) groups excluding carboxylic acids is 1. The van der Waals surface area contributed by atoms with Crippen molar-refractivity contribution in [3.8, 4) is 0 Å². The Morgan fingerprint density at radius 3 is 2.38 bits per heavy atom. The molecule has 1 aromatic heterocycles. The van der Waals surface area contributed by atoms with Gasteiger partial charge in [0.25, 0.3) is 0 Å². The number of benzene rings is 1. The highest BCUT2D eigenvalue weighted by molar-refractivity contribution is 9.10. The van der Waals surface area contributed by atoms with E-state index in [1.165, 1.54) is 26.0 Å². The molecule has 130 valence electrons. The van der Waals surface area contributed by atoms with Crippen molar-refractivity contribution in [2.45, 2.75) is 43.4 Å². The van der Waals surface area contributed by atoms with E-state index < -0.39 is 26.5 Å². The highest BCUT2D eigenvalue weighted by atomic mass is 79.9. The normalized spacial score (nSPS) is 13.5. The van der Waals surface area contributed by atoms with Crippen LogP contribution < -0.4 is 5.32 Å². The first-order valence-electron chi connectivity index (χ1n) is 7.17. The van der Waals surface area contributed by atoms with Crippen LogP contribution >= 0.6 is 15.9 Å². The Bertz CT molecular complexity index is 844. The minimum absolute atomic E-state index is 0.0761. The number of sulfone groups is 1. The quantitative estimate of drug-likeness (QED) is 0.804. The van der Waals surface area contributed by atoms with Crippen molar-refractivity contribution >= 4 is 31.7 Å². The lowest BCUT2D eigenvalue weighted by molar-refractivity contribution is -0.123. The van der Waals surface area contributed by atoms with Crippen LogP contribution in [0.4, 0.5) is 0 Å². The third-order valence-corrected chi connectivity index (χ3v) is 6.55. The molecule has 1 N–H and O–H groups in total. The highest BCUT2D eigenvalue weighted by Crippen LogP contribution is 2.27. The van der Waals surface area contributed by atoms with Gasteiger partial charge in [-0.3, -0.25) is 4.79 Å². The van der Waals surface area contributed by atoms with E-state index in [1.54, 1.807) is 26.0 Å². The Kier molecular flexibility index (Phi) is 5.14. The monoisotopic (exact) mass is 415 g/mol. The number of amides is 1. The molecular formula is C15H18BrN3O4S. The predicted molar refractivity (Wildman–Crippen MR) is 91.0 cm³/mol. The second kappa shape index (κ2) is 6.64. The lowest BCUT2D eigenvalue weighted by atomic mass is 10.2. The van der Waals surface area contributed by atoms with Gasteiger partial charge in [-0.05, 0) is 52.0 Å². The number of nitrogens with one attached hydrogen (secondary N) is 1. The summed E-state index contributed by atoms with van der Waals surface area (Å²) in [6.07, 6.45) is 0. The van der Waals surface area contributed by atoms with Gasteiger partial charge in [-0.15, -0.1) is 0 Å². The summed E-state index contributed by atoms with van der Waals surface area (Å²) in [5.74, 6) is 0.0132. The van der Waals surface area contributed by atoms with E-state index >= 15 is 0 Å². The molecule has 0 aliphatic rings. The van der Waals surface area contributed by atoms with E-state index in [9.17, 15) is 13.2 Å². The molecule has 0 fully saturated rings. The van der Waals surface area contributed by atoms with Gasteiger partial charge in [0.15, 0.2) is 15.7 Å². The molecule has 9 heteroatoms. The van der Waals surface area contributed by atoms with Crippen LogP contribution in [-0.2, 0) is 14.6 Å². The van der Waals surface area contributed by atoms with Gasteiger partial charge in [-0.25, -0.2) is 8.42 Å². The van der Waals surface area contributed by atoms with Crippen molar-refractivity contribution in [3.05, 3.63) is 40.5 Å². The summed E-state index contributed by atoms with van der Waals surface area (Å²) in [7, 11) is -3.88. The Labute approximate surface area is 148 Å². The molecular weight excluding hydrogens is 398 g/mol. The topological polar surface area (TPSA) is 102 Å². The zero-order valence-electron chi connectivity index (χ0n) is 13.7. The predicted octanol–water partition coefficient (Wildman–Crippen LogP) is 2.57. The van der Waals surface area contributed by atoms with Crippen LogP contribution in [0.1, 0.15) is 38.5 Å². The van der Waals surface area contributed by atoms with Gasteiger partial charge in [0.1, 0.15) is 10.8 Å². The molecule has 0 aliphatic heterocycles. The molecule has 24 heavy (non-hydrogen) atoms. The largest absolute Gasteiger partial charge is 0.343 e. The minimum Gasteiger partial charge on any atom is -0.343 e. The van der Waals surface area contributed by atoms with Gasteiger partial charge in [-0.1, -0.05) is 21.1 Å². The third-order valence-electron chi connectivity index (χ3n) is 3.60. The average Bonchev–Trinajstić information content (AvgIpc) is 2.94. The van der Waals surface area contributed by atoms with Crippen LogP contribution in [-0.4, -0.2) is 29.2 Å². The van der Waals surface area contributed by atoms with E-state index in [0.29, 0.717) is 5.82 Å². The van der Waals surface area contributed by atoms with Crippen molar-refractivity contribution in [2.24, 2.45) is 0 Å². The van der Waals surface area contributed by atoms with Crippen molar-refractivity contribution in [1.29, 1.82) is 0 Å². The van der Waals surface area contributed by atoms with Crippen molar-refractivity contribution in [3.63, 3.8) is 0 Å². The zero-order chi connectivity index (χ0) is 18.1. The first-order valence-corrected chi connectivity index (χ1v) is 9.44. The lowest BCUT2D eigenvalue weighted by Gasteiger charge is -2.25. The second-order valence-corrected chi connectivity index (χ2v) is 9.26. The van der Waals surface area contributed by atoms with Gasteiger partial charge in [0.05, 0.1) is 4.90 Å². The Balaban J connectivity index is 2.24. The zero-order valence-corrected chi connectivity index (χ0v) is 16.1.